The smallest absolute Gasteiger partial charge is 0.138 e. The van der Waals surface area contributed by atoms with Crippen LogP contribution in [0.25, 0.3) is 10.8 Å². The second kappa shape index (κ2) is 5.07. The molecule has 3 rings (SSSR count). The number of aromatic hydroxyl groups is 1. The van der Waals surface area contributed by atoms with E-state index < -0.39 is 0 Å². The van der Waals surface area contributed by atoms with Gasteiger partial charge in [0.15, 0.2) is 0 Å². The summed E-state index contributed by atoms with van der Waals surface area (Å²) in [7, 11) is 0. The highest BCUT2D eigenvalue weighted by molar-refractivity contribution is 5.90. The van der Waals surface area contributed by atoms with Gasteiger partial charge in [-0.15, -0.1) is 0 Å². The standard InChI is InChI=1S/C18H11FO/c19-17-8-4-2-6-14(17)9-11-16-15-7-3-1-5-13(15)10-12-18(16)20/h1-8,10,12,20H. The minimum absolute atomic E-state index is 0.104. The van der Waals surface area contributed by atoms with Gasteiger partial charge in [0.1, 0.15) is 11.6 Å². The summed E-state index contributed by atoms with van der Waals surface area (Å²) in [5.74, 6) is 5.39. The third-order valence-electron chi connectivity index (χ3n) is 3.10. The van der Waals surface area contributed by atoms with Gasteiger partial charge in [0.2, 0.25) is 0 Å². The van der Waals surface area contributed by atoms with Gasteiger partial charge >= 0.3 is 0 Å². The summed E-state index contributed by atoms with van der Waals surface area (Å²) in [5.41, 5.74) is 0.839. The van der Waals surface area contributed by atoms with E-state index in [-0.39, 0.29) is 11.6 Å². The fourth-order valence-corrected chi connectivity index (χ4v) is 2.08. The lowest BCUT2D eigenvalue weighted by Gasteiger charge is -2.03. The van der Waals surface area contributed by atoms with Crippen molar-refractivity contribution in [3.05, 3.63) is 77.6 Å². The Bertz CT molecular complexity index is 841. The molecule has 3 aromatic rings. The second-order valence-electron chi connectivity index (χ2n) is 4.41. The number of phenolic OH excluding ortho intramolecular Hbond substituents is 1. The Morgan fingerprint density at radius 2 is 1.55 bits per heavy atom. The number of halogens is 1. The molecule has 0 unspecified atom stereocenters. The molecule has 0 saturated heterocycles. The SMILES string of the molecule is Oc1ccc2ccccc2c1C#Cc1ccccc1F. The van der Waals surface area contributed by atoms with E-state index >= 15 is 0 Å². The number of benzene rings is 3. The van der Waals surface area contributed by atoms with Gasteiger partial charge in [0, 0.05) is 5.39 Å². The average Bonchev–Trinajstić information content (AvgIpc) is 2.48. The number of hydrogen-bond donors (Lipinski definition) is 1. The van der Waals surface area contributed by atoms with Crippen molar-refractivity contribution in [2.24, 2.45) is 0 Å². The van der Waals surface area contributed by atoms with Gasteiger partial charge in [-0.25, -0.2) is 4.39 Å². The molecule has 0 fully saturated rings. The van der Waals surface area contributed by atoms with Gasteiger partial charge in [-0.05, 0) is 23.6 Å². The predicted molar refractivity (Wildman–Crippen MR) is 78.0 cm³/mol. The lowest BCUT2D eigenvalue weighted by Crippen LogP contribution is -1.84. The maximum Gasteiger partial charge on any atom is 0.138 e. The molecule has 0 saturated carbocycles. The minimum Gasteiger partial charge on any atom is -0.507 e. The molecule has 0 heterocycles. The van der Waals surface area contributed by atoms with Crippen LogP contribution in [0.4, 0.5) is 4.39 Å². The van der Waals surface area contributed by atoms with Crippen LogP contribution in [-0.4, -0.2) is 5.11 Å². The topological polar surface area (TPSA) is 20.2 Å². The van der Waals surface area contributed by atoms with Crippen LogP contribution in [0.15, 0.2) is 60.7 Å². The Kier molecular flexibility index (Phi) is 3.10. The molecule has 0 aliphatic carbocycles. The monoisotopic (exact) mass is 262 g/mol. The number of phenols is 1. The quantitative estimate of drug-likeness (QED) is 0.605. The van der Waals surface area contributed by atoms with E-state index in [4.69, 9.17) is 0 Å². The van der Waals surface area contributed by atoms with E-state index in [9.17, 15) is 9.50 Å². The van der Waals surface area contributed by atoms with Crippen molar-refractivity contribution in [2.75, 3.05) is 0 Å². The highest BCUT2D eigenvalue weighted by atomic mass is 19.1. The molecule has 0 amide bonds. The van der Waals surface area contributed by atoms with E-state index in [2.05, 4.69) is 11.8 Å². The lowest BCUT2D eigenvalue weighted by atomic mass is 10.0. The van der Waals surface area contributed by atoms with Crippen LogP contribution < -0.4 is 0 Å². The Labute approximate surface area is 116 Å². The fourth-order valence-electron chi connectivity index (χ4n) is 2.08. The molecular weight excluding hydrogens is 251 g/mol. The molecule has 20 heavy (non-hydrogen) atoms. The maximum atomic E-state index is 13.5. The largest absolute Gasteiger partial charge is 0.507 e. The van der Waals surface area contributed by atoms with Gasteiger partial charge in [0.05, 0.1) is 11.1 Å². The second-order valence-corrected chi connectivity index (χ2v) is 4.41. The molecule has 0 aromatic heterocycles. The van der Waals surface area contributed by atoms with Gasteiger partial charge < -0.3 is 5.11 Å². The highest BCUT2D eigenvalue weighted by Crippen LogP contribution is 2.26. The zero-order chi connectivity index (χ0) is 13.9. The Balaban J connectivity index is 2.17. The first-order valence-corrected chi connectivity index (χ1v) is 6.23. The van der Waals surface area contributed by atoms with E-state index in [0.29, 0.717) is 11.1 Å². The molecule has 96 valence electrons. The maximum absolute atomic E-state index is 13.5. The Hall–Kier alpha value is -2.79. The number of hydrogen-bond acceptors (Lipinski definition) is 1. The van der Waals surface area contributed by atoms with Gasteiger partial charge in [-0.2, -0.15) is 0 Å². The molecular formula is C18H11FO. The summed E-state index contributed by atoms with van der Waals surface area (Å²) in [5, 5.41) is 11.8. The molecule has 0 aliphatic heterocycles. The summed E-state index contributed by atoms with van der Waals surface area (Å²) in [6.45, 7) is 0. The van der Waals surface area contributed by atoms with E-state index in [0.717, 1.165) is 10.8 Å². The average molecular weight is 262 g/mol. The fraction of sp³-hybridized carbons (Fsp3) is 0. The van der Waals surface area contributed by atoms with Crippen LogP contribution in [0.3, 0.4) is 0 Å². The summed E-state index contributed by atoms with van der Waals surface area (Å²) in [6.07, 6.45) is 0. The molecule has 3 aromatic carbocycles. The van der Waals surface area contributed by atoms with E-state index in [1.54, 1.807) is 24.3 Å². The van der Waals surface area contributed by atoms with Crippen molar-refractivity contribution in [1.29, 1.82) is 0 Å². The molecule has 1 N–H and O–H groups in total. The van der Waals surface area contributed by atoms with Crippen molar-refractivity contribution in [2.45, 2.75) is 0 Å². The van der Waals surface area contributed by atoms with Gasteiger partial charge in [-0.3, -0.25) is 0 Å². The summed E-state index contributed by atoms with van der Waals surface area (Å²) in [4.78, 5) is 0. The predicted octanol–water partition coefficient (Wildman–Crippen LogP) is 4.08. The van der Waals surface area contributed by atoms with Crippen molar-refractivity contribution in [1.82, 2.24) is 0 Å². The first kappa shape index (κ1) is 12.3. The van der Waals surface area contributed by atoms with Crippen LogP contribution in [-0.2, 0) is 0 Å². The zero-order valence-electron chi connectivity index (χ0n) is 10.6. The number of fused-ring (bicyclic) bond motifs is 1. The molecule has 0 bridgehead atoms. The summed E-state index contributed by atoms with van der Waals surface area (Å²) in [6, 6.07) is 17.4. The highest BCUT2D eigenvalue weighted by Gasteiger charge is 2.04. The summed E-state index contributed by atoms with van der Waals surface area (Å²) < 4.78 is 13.5. The lowest BCUT2D eigenvalue weighted by molar-refractivity contribution is 0.474. The Morgan fingerprint density at radius 3 is 2.40 bits per heavy atom. The first-order chi connectivity index (χ1) is 9.75. The van der Waals surface area contributed by atoms with Crippen molar-refractivity contribution in [3.8, 4) is 17.6 Å². The van der Waals surface area contributed by atoms with Crippen LogP contribution in [0.1, 0.15) is 11.1 Å². The molecule has 0 aliphatic rings. The third kappa shape index (κ3) is 2.22. The van der Waals surface area contributed by atoms with E-state index in [1.165, 1.54) is 6.07 Å². The molecule has 0 radical (unpaired) electrons. The molecule has 0 atom stereocenters. The van der Waals surface area contributed by atoms with Crippen molar-refractivity contribution >= 4 is 10.8 Å². The minimum atomic E-state index is -0.361. The third-order valence-corrected chi connectivity index (χ3v) is 3.10. The Morgan fingerprint density at radius 1 is 0.800 bits per heavy atom. The van der Waals surface area contributed by atoms with Crippen LogP contribution in [0.5, 0.6) is 5.75 Å². The van der Waals surface area contributed by atoms with Crippen LogP contribution in [0.2, 0.25) is 0 Å². The molecule has 2 heteroatoms. The number of rotatable bonds is 0. The van der Waals surface area contributed by atoms with Crippen molar-refractivity contribution < 1.29 is 9.50 Å². The normalized spacial score (nSPS) is 10.1. The van der Waals surface area contributed by atoms with Crippen molar-refractivity contribution in [3.63, 3.8) is 0 Å². The van der Waals surface area contributed by atoms with E-state index in [1.807, 2.05) is 30.3 Å². The van der Waals surface area contributed by atoms with Crippen LogP contribution in [0, 0.1) is 17.7 Å². The van der Waals surface area contributed by atoms with Gasteiger partial charge in [-0.1, -0.05) is 54.3 Å². The first-order valence-electron chi connectivity index (χ1n) is 6.23. The zero-order valence-corrected chi connectivity index (χ0v) is 10.6. The molecule has 1 nitrogen and oxygen atoms in total. The van der Waals surface area contributed by atoms with Gasteiger partial charge in [0.25, 0.3) is 0 Å². The summed E-state index contributed by atoms with van der Waals surface area (Å²) >= 11 is 0. The van der Waals surface area contributed by atoms with Crippen LogP contribution >= 0.6 is 0 Å². The molecule has 0 spiro atoms.